The van der Waals surface area contributed by atoms with E-state index < -0.39 is 0 Å². The Hall–Kier alpha value is -2.33. The standard InChI is InChI=1S/C23H28N2O2/c1-18-7-5-6-10-22(18)27-17-23(26)25-14-13-24(20-11-12-20)16-21(25)15-19-8-3-2-4-9-19/h2-10,20-21H,11-17H2,1H3. The van der Waals surface area contributed by atoms with Crippen LogP contribution >= 0.6 is 0 Å². The lowest BCUT2D eigenvalue weighted by molar-refractivity contribution is -0.138. The number of aryl methyl sites for hydroxylation is 1. The Morgan fingerprint density at radius 2 is 1.78 bits per heavy atom. The Labute approximate surface area is 161 Å². The minimum Gasteiger partial charge on any atom is -0.484 e. The fourth-order valence-corrected chi connectivity index (χ4v) is 3.98. The van der Waals surface area contributed by atoms with E-state index >= 15 is 0 Å². The molecule has 1 unspecified atom stereocenters. The third-order valence-corrected chi connectivity index (χ3v) is 5.66. The Morgan fingerprint density at radius 1 is 1.04 bits per heavy atom. The molecule has 27 heavy (non-hydrogen) atoms. The van der Waals surface area contributed by atoms with Crippen LogP contribution < -0.4 is 4.74 Å². The molecule has 0 spiro atoms. The van der Waals surface area contributed by atoms with Crippen LogP contribution in [0.5, 0.6) is 5.75 Å². The summed E-state index contributed by atoms with van der Waals surface area (Å²) in [5.74, 6) is 0.886. The van der Waals surface area contributed by atoms with Gasteiger partial charge in [0.25, 0.3) is 5.91 Å². The van der Waals surface area contributed by atoms with Crippen LogP contribution in [0.3, 0.4) is 0 Å². The van der Waals surface area contributed by atoms with Gasteiger partial charge in [-0.3, -0.25) is 9.69 Å². The van der Waals surface area contributed by atoms with Crippen LogP contribution in [0.15, 0.2) is 54.6 Å². The summed E-state index contributed by atoms with van der Waals surface area (Å²) < 4.78 is 5.83. The molecule has 4 nitrogen and oxygen atoms in total. The summed E-state index contributed by atoms with van der Waals surface area (Å²) in [5.41, 5.74) is 2.35. The summed E-state index contributed by atoms with van der Waals surface area (Å²) in [7, 11) is 0. The molecule has 1 atom stereocenters. The van der Waals surface area contributed by atoms with E-state index in [0.717, 1.165) is 43.4 Å². The average molecular weight is 364 g/mol. The first-order chi connectivity index (χ1) is 13.2. The number of carbonyl (C=O) groups is 1. The fraction of sp³-hybridized carbons (Fsp3) is 0.435. The van der Waals surface area contributed by atoms with Gasteiger partial charge in [-0.15, -0.1) is 0 Å². The van der Waals surface area contributed by atoms with Crippen molar-refractivity contribution in [1.29, 1.82) is 0 Å². The largest absolute Gasteiger partial charge is 0.484 e. The second kappa shape index (κ2) is 8.13. The summed E-state index contributed by atoms with van der Waals surface area (Å²) >= 11 is 0. The highest BCUT2D eigenvalue weighted by molar-refractivity contribution is 5.78. The Balaban J connectivity index is 1.43. The maximum atomic E-state index is 13.0. The molecule has 4 rings (SSSR count). The molecule has 1 saturated carbocycles. The number of carbonyl (C=O) groups excluding carboxylic acids is 1. The minimum atomic E-state index is 0.0923. The van der Waals surface area contributed by atoms with Crippen LogP contribution in [0.2, 0.25) is 0 Å². The molecule has 1 heterocycles. The highest BCUT2D eigenvalue weighted by Gasteiger charge is 2.37. The fourth-order valence-electron chi connectivity index (χ4n) is 3.98. The lowest BCUT2D eigenvalue weighted by Crippen LogP contribution is -2.57. The summed E-state index contributed by atoms with van der Waals surface area (Å²) in [4.78, 5) is 17.6. The number of hydrogen-bond acceptors (Lipinski definition) is 3. The van der Waals surface area contributed by atoms with Crippen LogP contribution in [0.25, 0.3) is 0 Å². The van der Waals surface area contributed by atoms with Crippen molar-refractivity contribution in [3.8, 4) is 5.75 Å². The number of piperazine rings is 1. The molecule has 2 aliphatic rings. The number of nitrogens with zero attached hydrogens (tertiary/aromatic N) is 2. The SMILES string of the molecule is Cc1ccccc1OCC(=O)N1CCN(C2CC2)CC1Cc1ccccc1. The molecule has 1 aliphatic carbocycles. The van der Waals surface area contributed by atoms with Gasteiger partial charge in [0.1, 0.15) is 5.75 Å². The van der Waals surface area contributed by atoms with E-state index in [0.29, 0.717) is 0 Å². The molecule has 2 aromatic rings. The zero-order chi connectivity index (χ0) is 18.6. The Bertz CT molecular complexity index is 773. The lowest BCUT2D eigenvalue weighted by Gasteiger charge is -2.42. The Morgan fingerprint density at radius 3 is 2.52 bits per heavy atom. The van der Waals surface area contributed by atoms with Crippen molar-refractivity contribution in [2.75, 3.05) is 26.2 Å². The number of amides is 1. The molecule has 0 N–H and O–H groups in total. The molecular weight excluding hydrogens is 336 g/mol. The third kappa shape index (κ3) is 4.51. The first-order valence-electron chi connectivity index (χ1n) is 9.96. The van der Waals surface area contributed by atoms with Crippen molar-refractivity contribution in [3.05, 3.63) is 65.7 Å². The molecule has 1 saturated heterocycles. The zero-order valence-corrected chi connectivity index (χ0v) is 16.0. The summed E-state index contributed by atoms with van der Waals surface area (Å²) in [6.45, 7) is 4.86. The number of para-hydroxylation sites is 1. The number of ether oxygens (including phenoxy) is 1. The van der Waals surface area contributed by atoms with E-state index in [1.165, 1.54) is 18.4 Å². The number of hydrogen-bond donors (Lipinski definition) is 0. The van der Waals surface area contributed by atoms with E-state index in [2.05, 4.69) is 29.2 Å². The molecule has 1 amide bonds. The molecule has 2 fully saturated rings. The minimum absolute atomic E-state index is 0.0923. The van der Waals surface area contributed by atoms with Crippen LogP contribution in [0, 0.1) is 6.92 Å². The van der Waals surface area contributed by atoms with Gasteiger partial charge in [-0.05, 0) is 43.4 Å². The summed E-state index contributed by atoms with van der Waals surface area (Å²) in [6.07, 6.45) is 3.52. The predicted octanol–water partition coefficient (Wildman–Crippen LogP) is 3.29. The Kier molecular flexibility index (Phi) is 5.44. The average Bonchev–Trinajstić information content (AvgIpc) is 3.53. The molecule has 142 valence electrons. The topological polar surface area (TPSA) is 32.8 Å². The van der Waals surface area contributed by atoms with Crippen molar-refractivity contribution >= 4 is 5.91 Å². The van der Waals surface area contributed by atoms with Gasteiger partial charge in [0.05, 0.1) is 0 Å². The molecule has 1 aliphatic heterocycles. The molecule has 0 aromatic heterocycles. The quantitative estimate of drug-likeness (QED) is 0.788. The summed E-state index contributed by atoms with van der Waals surface area (Å²) in [5, 5.41) is 0. The normalized spacial score (nSPS) is 20.5. The predicted molar refractivity (Wildman–Crippen MR) is 107 cm³/mol. The van der Waals surface area contributed by atoms with E-state index in [-0.39, 0.29) is 18.6 Å². The van der Waals surface area contributed by atoms with E-state index in [9.17, 15) is 4.79 Å². The van der Waals surface area contributed by atoms with Crippen LogP contribution in [0.4, 0.5) is 0 Å². The lowest BCUT2D eigenvalue weighted by atomic mass is 10.0. The van der Waals surface area contributed by atoms with Gasteiger partial charge in [-0.1, -0.05) is 48.5 Å². The van der Waals surface area contributed by atoms with Gasteiger partial charge in [0.2, 0.25) is 0 Å². The summed E-state index contributed by atoms with van der Waals surface area (Å²) in [6, 6.07) is 19.3. The van der Waals surface area contributed by atoms with Gasteiger partial charge < -0.3 is 9.64 Å². The number of rotatable bonds is 6. The second-order valence-corrected chi connectivity index (χ2v) is 7.71. The van der Waals surface area contributed by atoms with Gasteiger partial charge in [0, 0.05) is 31.7 Å². The molecule has 4 heteroatoms. The van der Waals surface area contributed by atoms with Gasteiger partial charge in [0.15, 0.2) is 6.61 Å². The first kappa shape index (κ1) is 18.1. The first-order valence-corrected chi connectivity index (χ1v) is 9.96. The molecule has 2 aromatic carbocycles. The highest BCUT2D eigenvalue weighted by Crippen LogP contribution is 2.29. The van der Waals surface area contributed by atoms with Crippen molar-refractivity contribution < 1.29 is 9.53 Å². The highest BCUT2D eigenvalue weighted by atomic mass is 16.5. The molecule has 0 radical (unpaired) electrons. The van der Waals surface area contributed by atoms with Crippen molar-refractivity contribution in [2.24, 2.45) is 0 Å². The van der Waals surface area contributed by atoms with E-state index in [1.807, 2.05) is 42.2 Å². The van der Waals surface area contributed by atoms with Crippen LogP contribution in [0.1, 0.15) is 24.0 Å². The second-order valence-electron chi connectivity index (χ2n) is 7.71. The van der Waals surface area contributed by atoms with E-state index in [1.54, 1.807) is 0 Å². The van der Waals surface area contributed by atoms with Gasteiger partial charge in [-0.25, -0.2) is 0 Å². The third-order valence-electron chi connectivity index (χ3n) is 5.66. The zero-order valence-electron chi connectivity index (χ0n) is 16.0. The van der Waals surface area contributed by atoms with Crippen molar-refractivity contribution in [1.82, 2.24) is 9.80 Å². The molecule has 0 bridgehead atoms. The van der Waals surface area contributed by atoms with Crippen molar-refractivity contribution in [3.63, 3.8) is 0 Å². The van der Waals surface area contributed by atoms with E-state index in [4.69, 9.17) is 4.74 Å². The van der Waals surface area contributed by atoms with Crippen LogP contribution in [-0.4, -0.2) is 54.0 Å². The molecular formula is C23H28N2O2. The smallest absolute Gasteiger partial charge is 0.260 e. The van der Waals surface area contributed by atoms with Crippen molar-refractivity contribution in [2.45, 2.75) is 38.3 Å². The van der Waals surface area contributed by atoms with Gasteiger partial charge >= 0.3 is 0 Å². The van der Waals surface area contributed by atoms with Crippen LogP contribution in [-0.2, 0) is 11.2 Å². The monoisotopic (exact) mass is 364 g/mol. The number of benzene rings is 2. The maximum absolute atomic E-state index is 13.0. The van der Waals surface area contributed by atoms with Gasteiger partial charge in [-0.2, -0.15) is 0 Å². The maximum Gasteiger partial charge on any atom is 0.260 e.